The van der Waals surface area contributed by atoms with E-state index in [4.69, 9.17) is 38.7 Å². The number of nitrogens with zero attached hydrogens (tertiary/aromatic N) is 6. The van der Waals surface area contributed by atoms with Gasteiger partial charge in [0.15, 0.2) is 34.9 Å². The quantitative estimate of drug-likeness (QED) is 0.148. The number of rotatable bonds is 8. The summed E-state index contributed by atoms with van der Waals surface area (Å²) in [6, 6.07) is 88.6. The van der Waals surface area contributed by atoms with Crippen molar-refractivity contribution in [3.63, 3.8) is 0 Å². The minimum atomic E-state index is -0.215. The van der Waals surface area contributed by atoms with Crippen LogP contribution in [0.25, 0.3) is 167 Å². The number of hydrogen-bond donors (Lipinski definition) is 0. The third-order valence-corrected chi connectivity index (χ3v) is 17.2. The molecule has 16 aromatic rings. The predicted octanol–water partition coefficient (Wildman–Crippen LogP) is 19.8. The molecule has 8 nitrogen and oxygen atoms in total. The first kappa shape index (κ1) is 48.5. The van der Waals surface area contributed by atoms with Crippen molar-refractivity contribution in [1.29, 1.82) is 0 Å². The maximum absolute atomic E-state index is 6.90. The molecular formula is C77H48N6O2. The van der Waals surface area contributed by atoms with Gasteiger partial charge in [0.25, 0.3) is 0 Å². The van der Waals surface area contributed by atoms with Crippen LogP contribution < -0.4 is 0 Å². The van der Waals surface area contributed by atoms with Gasteiger partial charge in [-0.15, -0.1) is 0 Å². The standard InChI is InChI=1S/C77H48N6O2/c1-77(2)63-32-17-16-31-58(63)69-56-29-14-13-28-54(56)62(43-64(69)77)76-82-73(47-23-10-5-11-24-47)81-75(83-76)52-34-36-55-61-40-48(35-38-65(61)84-66(55)42-52)49-33-37-59-67(41-49)85-68-44-60(53-27-12-15-30-57(53)70(59)68)50-25-18-26-51(39-50)74-79-71(45-19-6-3-7-20-45)78-72(80-74)46-21-8-4-9-22-46/h3-44H,1-2H3. The molecule has 0 atom stereocenters. The smallest absolute Gasteiger partial charge is 0.164 e. The van der Waals surface area contributed by atoms with Gasteiger partial charge in [0.05, 0.1) is 0 Å². The van der Waals surface area contributed by atoms with Gasteiger partial charge in [-0.05, 0) is 121 Å². The highest BCUT2D eigenvalue weighted by atomic mass is 16.3. The molecule has 0 unspecified atom stereocenters. The molecule has 0 radical (unpaired) electrons. The van der Waals surface area contributed by atoms with Gasteiger partial charge in [-0.1, -0.05) is 214 Å². The first-order valence-electron chi connectivity index (χ1n) is 28.7. The molecule has 0 fully saturated rings. The molecule has 1 aliphatic carbocycles. The van der Waals surface area contributed by atoms with Crippen molar-refractivity contribution in [2.75, 3.05) is 0 Å². The van der Waals surface area contributed by atoms with Gasteiger partial charge in [0.2, 0.25) is 0 Å². The van der Waals surface area contributed by atoms with Gasteiger partial charge in [-0.25, -0.2) is 29.9 Å². The van der Waals surface area contributed by atoms with E-state index in [1.165, 1.54) is 27.6 Å². The molecule has 0 saturated carbocycles. The lowest BCUT2D eigenvalue weighted by Gasteiger charge is -2.22. The van der Waals surface area contributed by atoms with Gasteiger partial charge >= 0.3 is 0 Å². The first-order chi connectivity index (χ1) is 41.8. The van der Waals surface area contributed by atoms with Crippen LogP contribution in [0.1, 0.15) is 25.0 Å². The Labute approximate surface area is 488 Å². The highest BCUT2D eigenvalue weighted by Crippen LogP contribution is 2.53. The summed E-state index contributed by atoms with van der Waals surface area (Å²) in [5, 5.41) is 8.68. The van der Waals surface area contributed by atoms with Crippen LogP contribution in [0.2, 0.25) is 0 Å². The van der Waals surface area contributed by atoms with Crippen LogP contribution in [-0.4, -0.2) is 29.9 Å². The van der Waals surface area contributed by atoms with Crippen molar-refractivity contribution in [3.05, 3.63) is 266 Å². The zero-order valence-corrected chi connectivity index (χ0v) is 46.2. The third-order valence-electron chi connectivity index (χ3n) is 17.2. The molecule has 17 rings (SSSR count). The fraction of sp³-hybridized carbons (Fsp3) is 0.0390. The lowest BCUT2D eigenvalue weighted by molar-refractivity contribution is 0.661. The largest absolute Gasteiger partial charge is 0.456 e. The molecule has 398 valence electrons. The molecule has 12 aromatic carbocycles. The molecule has 8 heteroatoms. The second-order valence-corrected chi connectivity index (χ2v) is 22.5. The third kappa shape index (κ3) is 7.90. The van der Waals surface area contributed by atoms with Gasteiger partial charge in [0.1, 0.15) is 22.3 Å². The zero-order chi connectivity index (χ0) is 56.3. The molecule has 0 amide bonds. The van der Waals surface area contributed by atoms with E-state index < -0.39 is 0 Å². The molecule has 1 aliphatic rings. The van der Waals surface area contributed by atoms with Gasteiger partial charge in [-0.3, -0.25) is 0 Å². The van der Waals surface area contributed by atoms with Crippen LogP contribution in [0.15, 0.2) is 264 Å². The Hall–Kier alpha value is -11.2. The average Bonchev–Trinajstić information content (AvgIpc) is 1.85. The monoisotopic (exact) mass is 1090 g/mol. The van der Waals surface area contributed by atoms with Crippen LogP contribution in [0, 0.1) is 0 Å². The molecule has 0 bridgehead atoms. The van der Waals surface area contributed by atoms with Crippen molar-refractivity contribution < 1.29 is 8.83 Å². The van der Waals surface area contributed by atoms with E-state index in [2.05, 4.69) is 190 Å². The average molecular weight is 1090 g/mol. The minimum absolute atomic E-state index is 0.215. The maximum Gasteiger partial charge on any atom is 0.164 e. The molecule has 85 heavy (non-hydrogen) atoms. The number of hydrogen-bond acceptors (Lipinski definition) is 8. The van der Waals surface area contributed by atoms with Crippen molar-refractivity contribution in [1.82, 2.24) is 29.9 Å². The Balaban J connectivity index is 0.735. The van der Waals surface area contributed by atoms with E-state index >= 15 is 0 Å². The topological polar surface area (TPSA) is 104 Å². The molecule has 0 saturated heterocycles. The number of fused-ring (bicyclic) bond motifs is 13. The second kappa shape index (κ2) is 18.9. The lowest BCUT2D eigenvalue weighted by atomic mass is 9.81. The Bertz CT molecular complexity index is 5340. The Morgan fingerprint density at radius 1 is 0.247 bits per heavy atom. The van der Waals surface area contributed by atoms with E-state index in [0.717, 1.165) is 116 Å². The Morgan fingerprint density at radius 3 is 1.40 bits per heavy atom. The van der Waals surface area contributed by atoms with E-state index in [1.807, 2.05) is 78.9 Å². The van der Waals surface area contributed by atoms with Crippen LogP contribution in [0.4, 0.5) is 0 Å². The summed E-state index contributed by atoms with van der Waals surface area (Å²) < 4.78 is 13.6. The summed E-state index contributed by atoms with van der Waals surface area (Å²) in [6.45, 7) is 4.63. The van der Waals surface area contributed by atoms with Crippen LogP contribution in [0.5, 0.6) is 0 Å². The molecular weight excluding hydrogens is 1040 g/mol. The maximum atomic E-state index is 6.90. The minimum Gasteiger partial charge on any atom is -0.456 e. The van der Waals surface area contributed by atoms with E-state index in [-0.39, 0.29) is 5.41 Å². The summed E-state index contributed by atoms with van der Waals surface area (Å²) in [7, 11) is 0. The van der Waals surface area contributed by atoms with E-state index in [9.17, 15) is 0 Å². The molecule has 0 aliphatic heterocycles. The molecule has 0 spiro atoms. The summed E-state index contributed by atoms with van der Waals surface area (Å²) in [4.78, 5) is 30.7. The summed E-state index contributed by atoms with van der Waals surface area (Å²) in [5.74, 6) is 3.65. The second-order valence-electron chi connectivity index (χ2n) is 22.5. The van der Waals surface area contributed by atoms with Crippen LogP contribution >= 0.6 is 0 Å². The van der Waals surface area contributed by atoms with E-state index in [0.29, 0.717) is 34.9 Å². The fourth-order valence-corrected chi connectivity index (χ4v) is 13.0. The first-order valence-corrected chi connectivity index (χ1v) is 28.7. The SMILES string of the molecule is CC1(C)c2ccccc2-c2c1cc(-c1nc(-c3ccccc3)nc(-c3ccc4c(c3)oc3ccc(-c5ccc6c(c5)oc5cc(-c7cccc(-c8nc(-c9ccccc9)nc(-c9ccccc9)n8)c7)c7ccccc7c56)cc34)n1)c1ccccc21. The zero-order valence-electron chi connectivity index (χ0n) is 46.2. The number of furan rings is 2. The van der Waals surface area contributed by atoms with Crippen molar-refractivity contribution >= 4 is 65.4 Å². The molecule has 0 N–H and O–H groups in total. The summed E-state index contributed by atoms with van der Waals surface area (Å²) in [5.41, 5.74) is 17.7. The van der Waals surface area contributed by atoms with Gasteiger partial charge in [0, 0.05) is 60.3 Å². The van der Waals surface area contributed by atoms with Crippen molar-refractivity contribution in [3.8, 4) is 102 Å². The highest BCUT2D eigenvalue weighted by molar-refractivity contribution is 6.22. The highest BCUT2D eigenvalue weighted by Gasteiger charge is 2.37. The Kier molecular flexibility index (Phi) is 10.8. The normalized spacial score (nSPS) is 12.7. The summed E-state index contributed by atoms with van der Waals surface area (Å²) in [6.07, 6.45) is 0. The fourth-order valence-electron chi connectivity index (χ4n) is 13.0. The van der Waals surface area contributed by atoms with Crippen LogP contribution in [-0.2, 0) is 5.41 Å². The van der Waals surface area contributed by atoms with Gasteiger partial charge < -0.3 is 8.83 Å². The molecule has 4 heterocycles. The van der Waals surface area contributed by atoms with Gasteiger partial charge in [-0.2, -0.15) is 0 Å². The number of aromatic nitrogens is 6. The van der Waals surface area contributed by atoms with Crippen LogP contribution in [0.3, 0.4) is 0 Å². The van der Waals surface area contributed by atoms with Crippen molar-refractivity contribution in [2.45, 2.75) is 19.3 Å². The molecule has 4 aromatic heterocycles. The number of benzene rings is 12. The summed E-state index contributed by atoms with van der Waals surface area (Å²) >= 11 is 0. The van der Waals surface area contributed by atoms with E-state index in [1.54, 1.807) is 0 Å². The van der Waals surface area contributed by atoms with Crippen molar-refractivity contribution in [2.24, 2.45) is 0 Å². The lowest BCUT2D eigenvalue weighted by Crippen LogP contribution is -2.15. The predicted molar refractivity (Wildman–Crippen MR) is 344 cm³/mol. The Morgan fingerprint density at radius 2 is 0.718 bits per heavy atom.